The third-order valence-electron chi connectivity index (χ3n) is 5.17. The van der Waals surface area contributed by atoms with E-state index in [-0.39, 0.29) is 41.1 Å². The minimum absolute atomic E-state index is 0.00748. The van der Waals surface area contributed by atoms with Gasteiger partial charge in [0, 0.05) is 51.6 Å². The number of halogens is 1. The number of ketones is 1. The van der Waals surface area contributed by atoms with E-state index in [1.54, 1.807) is 13.0 Å². The first-order valence-corrected chi connectivity index (χ1v) is 12.5. The van der Waals surface area contributed by atoms with Crippen molar-refractivity contribution in [1.29, 1.82) is 5.26 Å². The maximum atomic E-state index is 13.1. The highest BCUT2D eigenvalue weighted by atomic mass is 35.5. The lowest BCUT2D eigenvalue weighted by molar-refractivity contribution is -0.114. The van der Waals surface area contributed by atoms with E-state index in [0.29, 0.717) is 0 Å². The smallest absolute Gasteiger partial charge is 0.159 e. The summed E-state index contributed by atoms with van der Waals surface area (Å²) in [6.07, 6.45) is 1.21. The molecule has 4 aromatic rings. The third kappa shape index (κ3) is 7.82. The highest BCUT2D eigenvalue weighted by Crippen LogP contribution is 2.36. The van der Waals surface area contributed by atoms with Gasteiger partial charge >= 0.3 is 0 Å². The Hall–Kier alpha value is -4.45. The van der Waals surface area contributed by atoms with E-state index in [2.05, 4.69) is 15.3 Å². The van der Waals surface area contributed by atoms with Gasteiger partial charge in [-0.2, -0.15) is 5.26 Å². The molecule has 41 heavy (non-hydrogen) atoms. The molecule has 0 atom stereocenters. The number of pyridine rings is 2. The van der Waals surface area contributed by atoms with Crippen LogP contribution in [0, 0.1) is 18.3 Å². The molecule has 8 nitrogen and oxygen atoms in total. The van der Waals surface area contributed by atoms with Gasteiger partial charge in [0.25, 0.3) is 0 Å². The van der Waals surface area contributed by atoms with Gasteiger partial charge in [-0.1, -0.05) is 23.7 Å². The molecular formula is C32H32ClN5O3. The number of nitriles is 1. The summed E-state index contributed by atoms with van der Waals surface area (Å²) < 4.78 is 127. The molecule has 0 aliphatic carbocycles. The van der Waals surface area contributed by atoms with Crippen LogP contribution in [0.25, 0.3) is 10.9 Å². The Morgan fingerprint density at radius 1 is 1.27 bits per heavy atom. The molecule has 2 aromatic carbocycles. The average molecular weight is 584 g/mol. The Kier molecular flexibility index (Phi) is 5.40. The molecule has 9 heteroatoms. The quantitative estimate of drug-likeness (QED) is 0.191. The van der Waals surface area contributed by atoms with Gasteiger partial charge in [-0.15, -0.1) is 0 Å². The van der Waals surface area contributed by atoms with E-state index in [0.717, 1.165) is 11.0 Å². The van der Waals surface area contributed by atoms with Crippen molar-refractivity contribution in [2.45, 2.75) is 26.8 Å². The van der Waals surface area contributed by atoms with Crippen LogP contribution in [0.1, 0.15) is 48.6 Å². The van der Waals surface area contributed by atoms with Crippen molar-refractivity contribution in [3.8, 4) is 17.6 Å². The number of aryl methyl sites for hydroxylation is 1. The van der Waals surface area contributed by atoms with Crippen LogP contribution in [-0.4, -0.2) is 47.8 Å². The van der Waals surface area contributed by atoms with Crippen LogP contribution in [0.2, 0.25) is 5.02 Å². The lowest BCUT2D eigenvalue weighted by Gasteiger charge is -2.16. The fourth-order valence-corrected chi connectivity index (χ4v) is 3.61. The molecule has 0 aliphatic heterocycles. The Bertz CT molecular complexity index is 2270. The van der Waals surface area contributed by atoms with Gasteiger partial charge in [-0.3, -0.25) is 14.8 Å². The summed E-state index contributed by atoms with van der Waals surface area (Å²) in [5.74, 6) is -1.63. The van der Waals surface area contributed by atoms with Gasteiger partial charge in [0.05, 0.1) is 49.2 Å². The molecule has 0 saturated carbocycles. The standard InChI is InChI=1S/C32H32ClN5O3/c1-5-40-31-17-29-27(15-22(31)14-26(39)10-7-13-38(3)4)32(23(18-34)19-35-29)37-24-11-12-30(28(33)16-24)41-20-25-9-6-8-21(2)36-25/h6-12,15-17,19H,5,13-14,20H2,1-4H3,(H,35,37)/b10-7+/i3D3,6D,8D,9D,11D,12D,15D,16D,17D,19D,20D2. The topological polar surface area (TPSA) is 100 Å². The number of rotatable bonds is 12. The van der Waals surface area contributed by atoms with E-state index < -0.39 is 114 Å². The summed E-state index contributed by atoms with van der Waals surface area (Å²) >= 11 is 6.43. The van der Waals surface area contributed by atoms with Crippen LogP contribution in [0.4, 0.5) is 11.4 Å². The van der Waals surface area contributed by atoms with Crippen LogP contribution in [0.5, 0.6) is 11.5 Å². The predicted molar refractivity (Wildman–Crippen MR) is 162 cm³/mol. The lowest BCUT2D eigenvalue weighted by Crippen LogP contribution is -2.11. The molecule has 4 rings (SSSR count). The Morgan fingerprint density at radius 3 is 2.90 bits per heavy atom. The summed E-state index contributed by atoms with van der Waals surface area (Å²) in [7, 11) is 1.34. The van der Waals surface area contributed by atoms with Gasteiger partial charge in [0.2, 0.25) is 0 Å². The minimum atomic E-state index is -3.05. The predicted octanol–water partition coefficient (Wildman–Crippen LogP) is 6.41. The molecule has 0 bridgehead atoms. The summed E-state index contributed by atoms with van der Waals surface area (Å²) in [5, 5.41) is 11.7. The summed E-state index contributed by atoms with van der Waals surface area (Å²) in [4.78, 5) is 22.0. The van der Waals surface area contributed by atoms with E-state index >= 15 is 0 Å². The van der Waals surface area contributed by atoms with Gasteiger partial charge < -0.3 is 19.7 Å². The maximum absolute atomic E-state index is 13.1. The zero-order chi connectivity index (χ0) is 41.5. The number of likely N-dealkylation sites (N-methyl/N-ethyl adjacent to an activating group) is 1. The number of nitrogens with one attached hydrogen (secondary N) is 1. The molecule has 0 unspecified atom stereocenters. The molecule has 0 amide bonds. The van der Waals surface area contributed by atoms with E-state index in [1.165, 1.54) is 20.0 Å². The molecule has 0 spiro atoms. The Labute approximate surface area is 264 Å². The SMILES string of the molecule is [2H]c1nc2c([2H])c(OCC)c(CC(=O)/C=C/CN(C)C([2H])([2H])[2H])c([2H])c2c(Nc2c([2H])c([2H])c(OC([2H])([2H])c3nc(C)c([2H])c([2H])c3[2H])c(Cl)c2[2H])c1C#N. The zero-order valence-corrected chi connectivity index (χ0v) is 22.9. The molecule has 0 aliphatic rings. The van der Waals surface area contributed by atoms with Crippen molar-refractivity contribution in [3.05, 3.63) is 94.2 Å². The van der Waals surface area contributed by atoms with E-state index in [1.807, 2.05) is 0 Å². The largest absolute Gasteiger partial charge is 0.494 e. The number of carbonyl (C=O) groups excluding carboxylic acids is 1. The van der Waals surface area contributed by atoms with Crippen molar-refractivity contribution in [2.24, 2.45) is 0 Å². The number of fused-ring (bicyclic) bond motifs is 1. The second-order valence-corrected chi connectivity index (χ2v) is 8.75. The molecule has 0 fully saturated rings. The molecule has 0 radical (unpaired) electrons. The van der Waals surface area contributed by atoms with E-state index in [9.17, 15) is 10.1 Å². The number of anilines is 2. The second-order valence-electron chi connectivity index (χ2n) is 8.37. The molecule has 2 aromatic heterocycles. The first-order chi connectivity index (χ1) is 25.5. The van der Waals surface area contributed by atoms with Gasteiger partial charge in [0.1, 0.15) is 24.1 Å². The van der Waals surface area contributed by atoms with Crippen LogP contribution >= 0.6 is 11.6 Å². The van der Waals surface area contributed by atoms with Crippen molar-refractivity contribution < 1.29 is 33.5 Å². The molecule has 1 N–H and O–H groups in total. The highest BCUT2D eigenvalue weighted by molar-refractivity contribution is 6.32. The van der Waals surface area contributed by atoms with Crippen LogP contribution in [0.15, 0.2) is 66.7 Å². The van der Waals surface area contributed by atoms with Crippen LogP contribution < -0.4 is 14.8 Å². The molecular weight excluding hydrogens is 538 g/mol. The number of hydrogen-bond acceptors (Lipinski definition) is 8. The Balaban J connectivity index is 1.89. The number of nitrogens with zero attached hydrogens (tertiary/aromatic N) is 4. The number of benzene rings is 2. The van der Waals surface area contributed by atoms with Gasteiger partial charge in [-0.05, 0) is 70.2 Å². The number of hydrogen-bond donors (Lipinski definition) is 1. The fraction of sp³-hybridized carbons (Fsp3) is 0.250. The Morgan fingerprint density at radius 2 is 2.12 bits per heavy atom. The first-order valence-electron chi connectivity index (χ1n) is 19.1. The number of aromatic nitrogens is 2. The van der Waals surface area contributed by atoms with Crippen molar-refractivity contribution in [2.75, 3.05) is 32.5 Å². The van der Waals surface area contributed by atoms with Crippen molar-refractivity contribution in [3.63, 3.8) is 0 Å². The monoisotopic (exact) mass is 583 g/mol. The second kappa shape index (κ2) is 13.8. The highest BCUT2D eigenvalue weighted by Gasteiger charge is 2.16. The summed E-state index contributed by atoms with van der Waals surface area (Å²) in [6.45, 7) is -2.67. The first kappa shape index (κ1) is 16.1. The van der Waals surface area contributed by atoms with Gasteiger partial charge in [0.15, 0.2) is 5.78 Å². The number of allylic oxidation sites excluding steroid dienone is 1. The lowest BCUT2D eigenvalue weighted by atomic mass is 10.0. The third-order valence-corrected chi connectivity index (χ3v) is 5.44. The molecule has 0 saturated heterocycles. The van der Waals surface area contributed by atoms with Crippen LogP contribution in [-0.2, 0) is 17.8 Å². The van der Waals surface area contributed by atoms with Crippen LogP contribution in [0.3, 0.4) is 0 Å². The minimum Gasteiger partial charge on any atom is -0.494 e. The molecule has 2 heterocycles. The number of carbonyl (C=O) groups is 1. The van der Waals surface area contributed by atoms with Crippen molar-refractivity contribution in [1.82, 2.24) is 14.9 Å². The zero-order valence-electron chi connectivity index (χ0n) is 36.2. The molecule has 210 valence electrons. The van der Waals surface area contributed by atoms with Gasteiger partial charge in [-0.25, -0.2) is 0 Å². The fourth-order valence-electron chi connectivity index (χ4n) is 3.43. The average Bonchev–Trinajstić information content (AvgIpc) is 3.11. The summed E-state index contributed by atoms with van der Waals surface area (Å²) in [5.41, 5.74) is -2.74. The summed E-state index contributed by atoms with van der Waals surface area (Å²) in [6, 6.07) is -3.46. The van der Waals surface area contributed by atoms with Crippen molar-refractivity contribution >= 4 is 39.7 Å². The van der Waals surface area contributed by atoms with E-state index in [4.69, 9.17) is 40.3 Å². The normalized spacial score (nSPS) is 16.7. The number of ether oxygens (including phenoxy) is 2. The maximum Gasteiger partial charge on any atom is 0.159 e.